The maximum Gasteiger partial charge on any atom is 0.145 e. The Labute approximate surface area is 110 Å². The highest BCUT2D eigenvalue weighted by atomic mass is 32.2. The van der Waals surface area contributed by atoms with Crippen molar-refractivity contribution < 1.29 is 0 Å². The molecule has 90 valence electrons. The molecule has 0 aliphatic carbocycles. The van der Waals surface area contributed by atoms with Gasteiger partial charge in [0, 0.05) is 11.8 Å². The highest BCUT2D eigenvalue weighted by Crippen LogP contribution is 2.38. The predicted octanol–water partition coefficient (Wildman–Crippen LogP) is 2.95. The molecule has 0 spiro atoms. The van der Waals surface area contributed by atoms with Gasteiger partial charge in [-0.25, -0.2) is 0 Å². The fourth-order valence-electron chi connectivity index (χ4n) is 1.86. The van der Waals surface area contributed by atoms with Crippen LogP contribution < -0.4 is 5.43 Å². The van der Waals surface area contributed by atoms with Crippen LogP contribution in [0.25, 0.3) is 0 Å². The van der Waals surface area contributed by atoms with Crippen LogP contribution >= 0.6 is 11.8 Å². The molecule has 1 unspecified atom stereocenters. The smallest absolute Gasteiger partial charge is 0.145 e. The minimum atomic E-state index is -0.285. The molecule has 18 heavy (non-hydrogen) atoms. The number of nitrogens with zero attached hydrogens (tertiary/aromatic N) is 2. The van der Waals surface area contributed by atoms with Gasteiger partial charge in [-0.15, -0.1) is 0 Å². The minimum absolute atomic E-state index is 0.285. The molecule has 0 radical (unpaired) electrons. The van der Waals surface area contributed by atoms with E-state index in [0.29, 0.717) is 0 Å². The van der Waals surface area contributed by atoms with Crippen LogP contribution in [0.3, 0.4) is 0 Å². The standard InChI is InChI=1S/C14H13N3S/c1-14(12-9-5-6-10-15-12)17-16-13(18-14)11-7-3-2-4-8-11/h2-10,17H,1H3. The molecular formula is C14H13N3S. The number of rotatable bonds is 2. The Morgan fingerprint density at radius 3 is 2.56 bits per heavy atom. The van der Waals surface area contributed by atoms with E-state index in [9.17, 15) is 0 Å². The topological polar surface area (TPSA) is 37.3 Å². The maximum atomic E-state index is 4.43. The lowest BCUT2D eigenvalue weighted by atomic mass is 10.2. The zero-order valence-corrected chi connectivity index (χ0v) is 10.8. The van der Waals surface area contributed by atoms with Crippen molar-refractivity contribution in [3.63, 3.8) is 0 Å². The van der Waals surface area contributed by atoms with E-state index in [4.69, 9.17) is 0 Å². The molecule has 0 fully saturated rings. The van der Waals surface area contributed by atoms with Crippen LogP contribution in [0.5, 0.6) is 0 Å². The average molecular weight is 255 g/mol. The third-order valence-corrected chi connectivity index (χ3v) is 4.08. The van der Waals surface area contributed by atoms with Crippen molar-refractivity contribution in [1.82, 2.24) is 10.4 Å². The van der Waals surface area contributed by atoms with E-state index < -0.39 is 0 Å². The van der Waals surface area contributed by atoms with Gasteiger partial charge in [0.1, 0.15) is 9.91 Å². The Hall–Kier alpha value is -1.81. The summed E-state index contributed by atoms with van der Waals surface area (Å²) < 4.78 is 0. The molecule has 1 aromatic carbocycles. The second kappa shape index (κ2) is 4.46. The Morgan fingerprint density at radius 2 is 1.83 bits per heavy atom. The summed E-state index contributed by atoms with van der Waals surface area (Å²) in [6, 6.07) is 16.1. The molecule has 0 saturated heterocycles. The quantitative estimate of drug-likeness (QED) is 0.896. The zero-order chi connectivity index (χ0) is 12.4. The van der Waals surface area contributed by atoms with Crippen LogP contribution in [-0.4, -0.2) is 10.0 Å². The lowest BCUT2D eigenvalue weighted by Crippen LogP contribution is -2.29. The highest BCUT2D eigenvalue weighted by molar-refractivity contribution is 8.15. The van der Waals surface area contributed by atoms with Gasteiger partial charge in [-0.1, -0.05) is 48.2 Å². The third-order valence-electron chi connectivity index (χ3n) is 2.85. The van der Waals surface area contributed by atoms with Crippen molar-refractivity contribution in [2.75, 3.05) is 0 Å². The molecule has 1 aliphatic rings. The molecule has 0 bridgehead atoms. The molecule has 2 aromatic rings. The molecular weight excluding hydrogens is 242 g/mol. The lowest BCUT2D eigenvalue weighted by molar-refractivity contribution is 0.547. The maximum absolute atomic E-state index is 4.43. The van der Waals surface area contributed by atoms with Crippen molar-refractivity contribution in [2.45, 2.75) is 11.8 Å². The fraction of sp³-hybridized carbons (Fsp3) is 0.143. The van der Waals surface area contributed by atoms with Gasteiger partial charge in [0.15, 0.2) is 0 Å². The van der Waals surface area contributed by atoms with Crippen LogP contribution in [0.4, 0.5) is 0 Å². The Bertz CT molecular complexity index is 568. The number of hydrogen-bond acceptors (Lipinski definition) is 4. The average Bonchev–Trinajstić information content (AvgIpc) is 2.85. The molecule has 2 heterocycles. The molecule has 0 amide bonds. The first-order chi connectivity index (χ1) is 8.78. The van der Waals surface area contributed by atoms with Crippen LogP contribution in [0.2, 0.25) is 0 Å². The van der Waals surface area contributed by atoms with Gasteiger partial charge in [-0.2, -0.15) is 5.10 Å². The Kier molecular flexibility index (Phi) is 2.80. The number of nitrogens with one attached hydrogen (secondary N) is 1. The van der Waals surface area contributed by atoms with Gasteiger partial charge in [-0.3, -0.25) is 10.4 Å². The summed E-state index contributed by atoms with van der Waals surface area (Å²) in [5.74, 6) is 0. The van der Waals surface area contributed by atoms with Gasteiger partial charge in [0.05, 0.1) is 5.69 Å². The van der Waals surface area contributed by atoms with Crippen molar-refractivity contribution in [3.8, 4) is 0 Å². The number of benzene rings is 1. The summed E-state index contributed by atoms with van der Waals surface area (Å²) in [5, 5.41) is 5.43. The van der Waals surface area contributed by atoms with E-state index in [-0.39, 0.29) is 4.87 Å². The van der Waals surface area contributed by atoms with E-state index in [2.05, 4.69) is 34.6 Å². The molecule has 1 N–H and O–H groups in total. The Balaban J connectivity index is 1.86. The molecule has 4 heteroatoms. The Morgan fingerprint density at radius 1 is 1.06 bits per heavy atom. The summed E-state index contributed by atoms with van der Waals surface area (Å²) >= 11 is 1.70. The van der Waals surface area contributed by atoms with Gasteiger partial charge >= 0.3 is 0 Å². The number of hydrogen-bond donors (Lipinski definition) is 1. The first-order valence-electron chi connectivity index (χ1n) is 5.79. The molecule has 1 aliphatic heterocycles. The van der Waals surface area contributed by atoms with Crippen molar-refractivity contribution in [3.05, 3.63) is 66.0 Å². The van der Waals surface area contributed by atoms with Crippen molar-refractivity contribution in [2.24, 2.45) is 5.10 Å². The molecule has 1 atom stereocenters. The van der Waals surface area contributed by atoms with Gasteiger partial charge < -0.3 is 0 Å². The lowest BCUT2D eigenvalue weighted by Gasteiger charge is -2.21. The molecule has 1 aromatic heterocycles. The normalized spacial score (nSPS) is 22.4. The second-order valence-electron chi connectivity index (χ2n) is 4.25. The number of aromatic nitrogens is 1. The van der Waals surface area contributed by atoms with Crippen LogP contribution in [-0.2, 0) is 4.87 Å². The van der Waals surface area contributed by atoms with E-state index >= 15 is 0 Å². The zero-order valence-electron chi connectivity index (χ0n) is 10.00. The van der Waals surface area contributed by atoms with E-state index in [1.54, 1.807) is 11.8 Å². The number of thioether (sulfide) groups is 1. The first-order valence-corrected chi connectivity index (χ1v) is 6.60. The number of hydrazone groups is 1. The van der Waals surface area contributed by atoms with E-state index in [1.165, 1.54) is 0 Å². The van der Waals surface area contributed by atoms with Crippen molar-refractivity contribution in [1.29, 1.82) is 0 Å². The van der Waals surface area contributed by atoms with Crippen molar-refractivity contribution >= 4 is 16.8 Å². The number of pyridine rings is 1. The SMILES string of the molecule is CC1(c2ccccn2)NN=C(c2ccccc2)S1. The van der Waals surface area contributed by atoms with Crippen LogP contribution in [0, 0.1) is 0 Å². The monoisotopic (exact) mass is 255 g/mol. The largest absolute Gasteiger partial charge is 0.287 e. The molecule has 3 rings (SSSR count). The summed E-state index contributed by atoms with van der Waals surface area (Å²) in [7, 11) is 0. The third kappa shape index (κ3) is 1.99. The van der Waals surface area contributed by atoms with Crippen LogP contribution in [0.1, 0.15) is 18.2 Å². The summed E-state index contributed by atoms with van der Waals surface area (Å²) in [5.41, 5.74) is 5.31. The summed E-state index contributed by atoms with van der Waals surface area (Å²) in [6.45, 7) is 2.10. The highest BCUT2D eigenvalue weighted by Gasteiger charge is 2.35. The molecule has 0 saturated carbocycles. The van der Waals surface area contributed by atoms with Crippen LogP contribution in [0.15, 0.2) is 59.8 Å². The summed E-state index contributed by atoms with van der Waals surface area (Å²) in [6.07, 6.45) is 1.81. The minimum Gasteiger partial charge on any atom is -0.287 e. The van der Waals surface area contributed by atoms with E-state index in [1.807, 2.05) is 42.6 Å². The summed E-state index contributed by atoms with van der Waals surface area (Å²) in [4.78, 5) is 4.12. The first kappa shape index (κ1) is 11.3. The van der Waals surface area contributed by atoms with Gasteiger partial charge in [0.2, 0.25) is 0 Å². The van der Waals surface area contributed by atoms with E-state index in [0.717, 1.165) is 16.3 Å². The second-order valence-corrected chi connectivity index (χ2v) is 5.65. The molecule has 3 nitrogen and oxygen atoms in total. The predicted molar refractivity (Wildman–Crippen MR) is 75.3 cm³/mol. The van der Waals surface area contributed by atoms with Gasteiger partial charge in [0.25, 0.3) is 0 Å². The van der Waals surface area contributed by atoms with Gasteiger partial charge in [-0.05, 0) is 19.1 Å². The fourth-order valence-corrected chi connectivity index (χ4v) is 2.90.